The Hall–Kier alpha value is -1.75. The fourth-order valence-corrected chi connectivity index (χ4v) is 2.75. The molecule has 24 heavy (non-hydrogen) atoms. The second-order valence-corrected chi connectivity index (χ2v) is 6.06. The molecule has 2 aromatic carbocycles. The number of nitrogens with zero attached hydrogens (tertiary/aromatic N) is 1. The Morgan fingerprint density at radius 1 is 1.00 bits per heavy atom. The van der Waals surface area contributed by atoms with Crippen molar-refractivity contribution >= 4 is 29.2 Å². The van der Waals surface area contributed by atoms with Crippen molar-refractivity contribution in [1.82, 2.24) is 10.6 Å². The molecule has 2 N–H and O–H groups in total. The lowest BCUT2D eigenvalue weighted by Crippen LogP contribution is -2.36. The molecular weight excluding hydrogens is 345 g/mol. The van der Waals surface area contributed by atoms with E-state index < -0.39 is 0 Å². The van der Waals surface area contributed by atoms with Crippen LogP contribution in [0.4, 0.5) is 0 Å². The summed E-state index contributed by atoms with van der Waals surface area (Å²) in [5.74, 6) is 0.702. The number of hydrogen-bond donors (Lipinski definition) is 2. The van der Waals surface area contributed by atoms with E-state index in [-0.39, 0.29) is 0 Å². The first-order chi connectivity index (χ1) is 11.6. The van der Waals surface area contributed by atoms with Crippen LogP contribution in [0.5, 0.6) is 0 Å². The van der Waals surface area contributed by atoms with Crippen molar-refractivity contribution in [1.29, 1.82) is 0 Å². The summed E-state index contributed by atoms with van der Waals surface area (Å²) in [5.41, 5.74) is 3.29. The molecule has 4 nitrogen and oxygen atoms in total. The third-order valence-electron chi connectivity index (χ3n) is 3.55. The van der Waals surface area contributed by atoms with Crippen LogP contribution in [0.15, 0.2) is 47.5 Å². The number of aliphatic imine (C=N–C) groups is 1. The van der Waals surface area contributed by atoms with Crippen LogP contribution in [0, 0.1) is 0 Å². The summed E-state index contributed by atoms with van der Waals surface area (Å²) in [6.45, 7) is 1.81. The van der Waals surface area contributed by atoms with Crippen LogP contribution in [-0.2, 0) is 24.4 Å². The van der Waals surface area contributed by atoms with Gasteiger partial charge in [0.25, 0.3) is 0 Å². The number of halogens is 2. The maximum absolute atomic E-state index is 6.19. The van der Waals surface area contributed by atoms with E-state index in [0.717, 1.165) is 11.1 Å². The van der Waals surface area contributed by atoms with E-state index in [4.69, 9.17) is 27.9 Å². The molecule has 6 heteroatoms. The summed E-state index contributed by atoms with van der Waals surface area (Å²) in [6.07, 6.45) is 0. The van der Waals surface area contributed by atoms with Gasteiger partial charge in [0, 0.05) is 37.3 Å². The molecule has 0 saturated heterocycles. The van der Waals surface area contributed by atoms with Gasteiger partial charge < -0.3 is 15.4 Å². The van der Waals surface area contributed by atoms with Crippen molar-refractivity contribution in [2.24, 2.45) is 4.99 Å². The smallest absolute Gasteiger partial charge is 0.191 e. The first-order valence-electron chi connectivity index (χ1n) is 7.58. The molecule has 0 unspecified atom stereocenters. The zero-order chi connectivity index (χ0) is 17.4. The van der Waals surface area contributed by atoms with Gasteiger partial charge in [0.15, 0.2) is 5.96 Å². The summed E-state index contributed by atoms with van der Waals surface area (Å²) >= 11 is 12.1. The van der Waals surface area contributed by atoms with Crippen molar-refractivity contribution in [3.8, 4) is 0 Å². The summed E-state index contributed by atoms with van der Waals surface area (Å²) in [7, 11) is 3.43. The molecule has 0 aliphatic carbocycles. The Morgan fingerprint density at radius 2 is 1.67 bits per heavy atom. The van der Waals surface area contributed by atoms with Gasteiger partial charge in [-0.2, -0.15) is 0 Å². The van der Waals surface area contributed by atoms with Crippen LogP contribution in [-0.4, -0.2) is 20.1 Å². The van der Waals surface area contributed by atoms with Gasteiger partial charge >= 0.3 is 0 Å². The third-order valence-corrected chi connectivity index (χ3v) is 4.14. The molecule has 0 amide bonds. The van der Waals surface area contributed by atoms with E-state index in [0.29, 0.717) is 35.7 Å². The minimum atomic E-state index is 0.565. The molecule has 0 bridgehead atoms. The second kappa shape index (κ2) is 9.52. The minimum Gasteiger partial charge on any atom is -0.380 e. The number of ether oxygens (including phenoxy) is 1. The van der Waals surface area contributed by atoms with Gasteiger partial charge in [-0.15, -0.1) is 0 Å². The summed E-state index contributed by atoms with van der Waals surface area (Å²) in [5, 5.41) is 7.81. The standard InChI is InChI=1S/C18H21Cl2N3O/c1-21-18(23-11-14-7-8-16(19)9-17(14)20)22-10-13-5-3-4-6-15(13)12-24-2/h3-9H,10-12H2,1-2H3,(H2,21,22,23). The Kier molecular flexibility index (Phi) is 7.37. The fourth-order valence-electron chi connectivity index (χ4n) is 2.27. The van der Waals surface area contributed by atoms with E-state index in [1.807, 2.05) is 24.3 Å². The van der Waals surface area contributed by atoms with Gasteiger partial charge in [-0.1, -0.05) is 53.5 Å². The number of guanidine groups is 1. The summed E-state index contributed by atoms with van der Waals surface area (Å²) in [6, 6.07) is 13.6. The molecule has 0 spiro atoms. The molecule has 2 aromatic rings. The van der Waals surface area contributed by atoms with Crippen molar-refractivity contribution in [2.45, 2.75) is 19.7 Å². The quantitative estimate of drug-likeness (QED) is 0.600. The molecule has 0 radical (unpaired) electrons. The average Bonchev–Trinajstić information content (AvgIpc) is 2.58. The number of methoxy groups -OCH3 is 1. The van der Waals surface area contributed by atoms with Crippen molar-refractivity contribution in [2.75, 3.05) is 14.2 Å². The number of benzene rings is 2. The molecule has 0 aromatic heterocycles. The molecule has 0 heterocycles. The van der Waals surface area contributed by atoms with E-state index in [1.54, 1.807) is 20.2 Å². The zero-order valence-electron chi connectivity index (χ0n) is 13.8. The topological polar surface area (TPSA) is 45.7 Å². The zero-order valence-corrected chi connectivity index (χ0v) is 15.3. The Labute approximate surface area is 152 Å². The third kappa shape index (κ3) is 5.41. The first kappa shape index (κ1) is 18.6. The maximum Gasteiger partial charge on any atom is 0.191 e. The Morgan fingerprint density at radius 3 is 2.29 bits per heavy atom. The molecule has 0 saturated carbocycles. The molecular formula is C18H21Cl2N3O. The minimum absolute atomic E-state index is 0.565. The normalized spacial score (nSPS) is 11.4. The van der Waals surface area contributed by atoms with E-state index in [2.05, 4.69) is 27.8 Å². The van der Waals surface area contributed by atoms with E-state index in [9.17, 15) is 0 Å². The van der Waals surface area contributed by atoms with Crippen molar-refractivity contribution in [3.63, 3.8) is 0 Å². The summed E-state index contributed by atoms with van der Waals surface area (Å²) < 4.78 is 5.23. The van der Waals surface area contributed by atoms with Gasteiger partial charge in [-0.05, 0) is 28.8 Å². The molecule has 128 valence electrons. The van der Waals surface area contributed by atoms with Crippen molar-refractivity contribution in [3.05, 3.63) is 69.2 Å². The van der Waals surface area contributed by atoms with Gasteiger partial charge in [-0.25, -0.2) is 0 Å². The monoisotopic (exact) mass is 365 g/mol. The lowest BCUT2D eigenvalue weighted by Gasteiger charge is -2.14. The molecule has 0 fully saturated rings. The highest BCUT2D eigenvalue weighted by molar-refractivity contribution is 6.35. The van der Waals surface area contributed by atoms with Crippen LogP contribution in [0.1, 0.15) is 16.7 Å². The molecule has 0 aliphatic rings. The van der Waals surface area contributed by atoms with Gasteiger partial charge in [0.1, 0.15) is 0 Å². The number of nitrogens with one attached hydrogen (secondary N) is 2. The lowest BCUT2D eigenvalue weighted by atomic mass is 10.1. The predicted octanol–water partition coefficient (Wildman–Crippen LogP) is 4.01. The molecule has 2 rings (SSSR count). The Bertz CT molecular complexity index is 704. The van der Waals surface area contributed by atoms with Crippen LogP contribution < -0.4 is 10.6 Å². The average molecular weight is 366 g/mol. The highest BCUT2D eigenvalue weighted by Gasteiger charge is 2.05. The predicted molar refractivity (Wildman–Crippen MR) is 101 cm³/mol. The number of rotatable bonds is 6. The molecule has 0 aliphatic heterocycles. The van der Waals surface area contributed by atoms with E-state index >= 15 is 0 Å². The van der Waals surface area contributed by atoms with Gasteiger partial charge in [0.05, 0.1) is 6.61 Å². The maximum atomic E-state index is 6.19. The fraction of sp³-hybridized carbons (Fsp3) is 0.278. The Balaban J connectivity index is 1.93. The van der Waals surface area contributed by atoms with Crippen LogP contribution >= 0.6 is 23.2 Å². The van der Waals surface area contributed by atoms with Gasteiger partial charge in [0.2, 0.25) is 0 Å². The SMILES string of the molecule is CN=C(NCc1ccc(Cl)cc1Cl)NCc1ccccc1COC. The molecule has 0 atom stereocenters. The largest absolute Gasteiger partial charge is 0.380 e. The summed E-state index contributed by atoms with van der Waals surface area (Å²) in [4.78, 5) is 4.24. The highest BCUT2D eigenvalue weighted by atomic mass is 35.5. The number of hydrogen-bond acceptors (Lipinski definition) is 2. The van der Waals surface area contributed by atoms with Crippen molar-refractivity contribution < 1.29 is 4.74 Å². The van der Waals surface area contributed by atoms with Crippen LogP contribution in [0.25, 0.3) is 0 Å². The van der Waals surface area contributed by atoms with Gasteiger partial charge in [-0.3, -0.25) is 4.99 Å². The van der Waals surface area contributed by atoms with Crippen LogP contribution in [0.2, 0.25) is 10.0 Å². The van der Waals surface area contributed by atoms with E-state index in [1.165, 1.54) is 5.56 Å². The van der Waals surface area contributed by atoms with Crippen LogP contribution in [0.3, 0.4) is 0 Å². The lowest BCUT2D eigenvalue weighted by molar-refractivity contribution is 0.184. The second-order valence-electron chi connectivity index (χ2n) is 5.22. The first-order valence-corrected chi connectivity index (χ1v) is 8.33. The highest BCUT2D eigenvalue weighted by Crippen LogP contribution is 2.20.